The van der Waals surface area contributed by atoms with Crippen LogP contribution in [-0.2, 0) is 5.41 Å². The van der Waals surface area contributed by atoms with Gasteiger partial charge in [0.1, 0.15) is 11.5 Å². The molecule has 0 heterocycles. The fourth-order valence-electron chi connectivity index (χ4n) is 2.17. The Bertz CT molecular complexity index is 685. The predicted molar refractivity (Wildman–Crippen MR) is 92.4 cm³/mol. The minimum absolute atomic E-state index is 0.0530. The lowest BCUT2D eigenvalue weighted by Gasteiger charge is -2.20. The average Bonchev–Trinajstić information content (AvgIpc) is 2.49. The first-order chi connectivity index (χ1) is 10.8. The number of phenols is 1. The van der Waals surface area contributed by atoms with Crippen molar-refractivity contribution in [1.82, 2.24) is 0 Å². The second-order valence-corrected chi connectivity index (χ2v) is 6.39. The Morgan fingerprint density at radius 1 is 1.13 bits per heavy atom. The molecular weight excluding hydrogens is 290 g/mol. The van der Waals surface area contributed by atoms with Gasteiger partial charge in [-0.3, -0.25) is 4.79 Å². The largest absolute Gasteiger partial charge is 0.506 e. The summed E-state index contributed by atoms with van der Waals surface area (Å²) in [6, 6.07) is 12.2. The van der Waals surface area contributed by atoms with E-state index >= 15 is 0 Å². The molecule has 2 aromatic rings. The Kier molecular flexibility index (Phi) is 4.94. The van der Waals surface area contributed by atoms with Crippen LogP contribution in [0.15, 0.2) is 42.5 Å². The van der Waals surface area contributed by atoms with Gasteiger partial charge in [-0.05, 0) is 54.3 Å². The van der Waals surface area contributed by atoms with E-state index in [9.17, 15) is 9.90 Å². The summed E-state index contributed by atoms with van der Waals surface area (Å²) in [7, 11) is 0. The van der Waals surface area contributed by atoms with Crippen LogP contribution in [0.1, 0.15) is 43.6 Å². The lowest BCUT2D eigenvalue weighted by Crippen LogP contribution is -2.15. The van der Waals surface area contributed by atoms with Gasteiger partial charge in [-0.15, -0.1) is 0 Å². The molecule has 4 nitrogen and oxygen atoms in total. The summed E-state index contributed by atoms with van der Waals surface area (Å²) >= 11 is 0. The average molecular weight is 313 g/mol. The van der Waals surface area contributed by atoms with Crippen LogP contribution in [0.25, 0.3) is 0 Å². The van der Waals surface area contributed by atoms with E-state index in [0.29, 0.717) is 17.9 Å². The predicted octanol–water partition coefficient (Wildman–Crippen LogP) is 4.34. The van der Waals surface area contributed by atoms with Crippen LogP contribution in [-0.4, -0.2) is 17.6 Å². The first-order valence-corrected chi connectivity index (χ1v) is 7.69. The molecule has 4 heteroatoms. The fourth-order valence-corrected chi connectivity index (χ4v) is 2.17. The molecule has 23 heavy (non-hydrogen) atoms. The number of carbonyl (C=O) groups is 1. The number of amides is 1. The minimum Gasteiger partial charge on any atom is -0.506 e. The van der Waals surface area contributed by atoms with Crippen molar-refractivity contribution in [2.75, 3.05) is 11.9 Å². The van der Waals surface area contributed by atoms with Crippen LogP contribution >= 0.6 is 0 Å². The first kappa shape index (κ1) is 16.9. The van der Waals surface area contributed by atoms with Gasteiger partial charge in [-0.1, -0.05) is 26.8 Å². The molecule has 1 amide bonds. The van der Waals surface area contributed by atoms with Crippen LogP contribution in [0.3, 0.4) is 0 Å². The lowest BCUT2D eigenvalue weighted by atomic mass is 9.87. The molecule has 2 aromatic carbocycles. The molecule has 2 N–H and O–H groups in total. The summed E-state index contributed by atoms with van der Waals surface area (Å²) in [4.78, 5) is 12.3. The molecule has 0 saturated heterocycles. The van der Waals surface area contributed by atoms with Gasteiger partial charge < -0.3 is 15.2 Å². The molecule has 0 unspecified atom stereocenters. The number of phenolic OH excluding ortho intramolecular Hbond substituents is 1. The molecule has 0 radical (unpaired) electrons. The Balaban J connectivity index is 2.19. The summed E-state index contributed by atoms with van der Waals surface area (Å²) in [5.74, 6) is 0.508. The molecule has 122 valence electrons. The number of ether oxygens (including phenoxy) is 1. The quantitative estimate of drug-likeness (QED) is 0.825. The van der Waals surface area contributed by atoms with E-state index in [4.69, 9.17) is 4.74 Å². The van der Waals surface area contributed by atoms with Crippen molar-refractivity contribution in [2.45, 2.75) is 33.1 Å². The second kappa shape index (κ2) is 6.73. The Morgan fingerprint density at radius 2 is 1.78 bits per heavy atom. The number of anilines is 1. The highest BCUT2D eigenvalue weighted by Gasteiger charge is 2.16. The van der Waals surface area contributed by atoms with Crippen molar-refractivity contribution in [2.24, 2.45) is 0 Å². The van der Waals surface area contributed by atoms with Crippen molar-refractivity contribution < 1.29 is 14.6 Å². The highest BCUT2D eigenvalue weighted by Crippen LogP contribution is 2.31. The highest BCUT2D eigenvalue weighted by molar-refractivity contribution is 6.05. The zero-order chi connectivity index (χ0) is 17.0. The third-order valence-corrected chi connectivity index (χ3v) is 3.54. The SMILES string of the molecule is CCOc1ccc(C(=O)Nc2cc(C(C)(C)C)ccc2O)cc1. The molecule has 0 saturated carbocycles. The van der Waals surface area contributed by atoms with Crippen LogP contribution in [0.4, 0.5) is 5.69 Å². The summed E-state index contributed by atoms with van der Waals surface area (Å²) in [5.41, 5.74) is 1.90. The molecule has 2 rings (SSSR count). The number of benzene rings is 2. The lowest BCUT2D eigenvalue weighted by molar-refractivity contribution is 0.102. The van der Waals surface area contributed by atoms with Crippen LogP contribution < -0.4 is 10.1 Å². The Morgan fingerprint density at radius 3 is 2.35 bits per heavy atom. The highest BCUT2D eigenvalue weighted by atomic mass is 16.5. The smallest absolute Gasteiger partial charge is 0.255 e. The van der Waals surface area contributed by atoms with Crippen molar-refractivity contribution in [3.05, 3.63) is 53.6 Å². The normalized spacial score (nSPS) is 11.1. The zero-order valence-corrected chi connectivity index (χ0v) is 14.0. The van der Waals surface area contributed by atoms with Gasteiger partial charge in [0.05, 0.1) is 12.3 Å². The summed E-state index contributed by atoms with van der Waals surface area (Å²) in [6.07, 6.45) is 0. The number of hydrogen-bond donors (Lipinski definition) is 2. The van der Waals surface area contributed by atoms with Gasteiger partial charge in [0.25, 0.3) is 5.91 Å². The second-order valence-electron chi connectivity index (χ2n) is 6.39. The van der Waals surface area contributed by atoms with Crippen LogP contribution in [0, 0.1) is 0 Å². The molecule has 0 aromatic heterocycles. The zero-order valence-electron chi connectivity index (χ0n) is 14.0. The van der Waals surface area contributed by atoms with Gasteiger partial charge >= 0.3 is 0 Å². The van der Waals surface area contributed by atoms with E-state index in [1.807, 2.05) is 19.1 Å². The van der Waals surface area contributed by atoms with Gasteiger partial charge in [-0.2, -0.15) is 0 Å². The number of carbonyl (C=O) groups excluding carboxylic acids is 1. The Labute approximate surface area is 137 Å². The number of aromatic hydroxyl groups is 1. The van der Waals surface area contributed by atoms with E-state index in [-0.39, 0.29) is 17.1 Å². The molecule has 0 aliphatic rings. The van der Waals surface area contributed by atoms with Crippen molar-refractivity contribution in [3.63, 3.8) is 0 Å². The monoisotopic (exact) mass is 313 g/mol. The minimum atomic E-state index is -0.269. The summed E-state index contributed by atoms with van der Waals surface area (Å²) in [6.45, 7) is 8.73. The van der Waals surface area contributed by atoms with Gasteiger partial charge in [-0.25, -0.2) is 0 Å². The third kappa shape index (κ3) is 4.25. The van der Waals surface area contributed by atoms with E-state index < -0.39 is 0 Å². The molecule has 0 atom stereocenters. The maximum Gasteiger partial charge on any atom is 0.255 e. The maximum absolute atomic E-state index is 12.3. The van der Waals surface area contributed by atoms with Crippen molar-refractivity contribution in [3.8, 4) is 11.5 Å². The Hall–Kier alpha value is -2.49. The van der Waals surface area contributed by atoms with E-state index in [2.05, 4.69) is 26.1 Å². The van der Waals surface area contributed by atoms with Crippen LogP contribution in [0.5, 0.6) is 11.5 Å². The molecule has 0 bridgehead atoms. The number of nitrogens with one attached hydrogen (secondary N) is 1. The van der Waals surface area contributed by atoms with E-state index in [1.54, 1.807) is 30.3 Å². The van der Waals surface area contributed by atoms with Gasteiger partial charge in [0, 0.05) is 5.56 Å². The number of rotatable bonds is 4. The van der Waals surface area contributed by atoms with E-state index in [0.717, 1.165) is 11.3 Å². The molecule has 0 fully saturated rings. The van der Waals surface area contributed by atoms with Gasteiger partial charge in [0.15, 0.2) is 0 Å². The van der Waals surface area contributed by atoms with E-state index in [1.165, 1.54) is 0 Å². The number of hydrogen-bond acceptors (Lipinski definition) is 3. The summed E-state index contributed by atoms with van der Waals surface area (Å²) < 4.78 is 5.36. The maximum atomic E-state index is 12.3. The molecular formula is C19H23NO3. The summed E-state index contributed by atoms with van der Waals surface area (Å²) in [5, 5.41) is 12.7. The van der Waals surface area contributed by atoms with Crippen molar-refractivity contribution >= 4 is 11.6 Å². The van der Waals surface area contributed by atoms with Crippen molar-refractivity contribution in [1.29, 1.82) is 0 Å². The molecule has 0 aliphatic carbocycles. The first-order valence-electron chi connectivity index (χ1n) is 7.69. The van der Waals surface area contributed by atoms with Gasteiger partial charge in [0.2, 0.25) is 0 Å². The third-order valence-electron chi connectivity index (χ3n) is 3.54. The standard InChI is InChI=1S/C19H23NO3/c1-5-23-15-9-6-13(7-10-15)18(22)20-16-12-14(19(2,3)4)8-11-17(16)21/h6-12,21H,5H2,1-4H3,(H,20,22). The topological polar surface area (TPSA) is 58.6 Å². The fraction of sp³-hybridized carbons (Fsp3) is 0.316. The molecule has 0 aliphatic heterocycles. The molecule has 0 spiro atoms. The van der Waals surface area contributed by atoms with Crippen LogP contribution in [0.2, 0.25) is 0 Å².